The number of hydrogen-bond acceptors (Lipinski definition) is 6. The lowest BCUT2D eigenvalue weighted by Crippen LogP contribution is -2.56. The molecule has 3 amide bonds. The molecule has 250 valence electrons. The predicted octanol–water partition coefficient (Wildman–Crippen LogP) is 5.12. The second kappa shape index (κ2) is 13.3. The van der Waals surface area contributed by atoms with Gasteiger partial charge in [0, 0.05) is 37.6 Å². The number of anilines is 2. The van der Waals surface area contributed by atoms with E-state index in [2.05, 4.69) is 0 Å². The Balaban J connectivity index is 1.43. The molecule has 9 nitrogen and oxygen atoms in total. The van der Waals surface area contributed by atoms with Crippen molar-refractivity contribution in [3.05, 3.63) is 77.9 Å². The SMILES string of the molecule is CCOc1ccc(N2CC=C[C@@]3(CC)O[C@]45C=CCN(c6c(C)cccc6C)C(=O)C4N(CCCCCCO)C(=O)[C@@H]5[C@H]3C2=O)cc1. The Kier molecular flexibility index (Phi) is 9.31. The first-order valence-corrected chi connectivity index (χ1v) is 17.1. The van der Waals surface area contributed by atoms with E-state index in [0.29, 0.717) is 51.2 Å². The van der Waals surface area contributed by atoms with Crippen LogP contribution < -0.4 is 14.5 Å². The van der Waals surface area contributed by atoms with Crippen molar-refractivity contribution in [1.82, 2.24) is 4.90 Å². The molecule has 4 heterocycles. The quantitative estimate of drug-likeness (QED) is 0.270. The Morgan fingerprint density at radius 1 is 0.830 bits per heavy atom. The van der Waals surface area contributed by atoms with Gasteiger partial charge in [-0.25, -0.2) is 0 Å². The minimum atomic E-state index is -1.31. The number of hydrogen-bond donors (Lipinski definition) is 1. The van der Waals surface area contributed by atoms with Crippen LogP contribution in [0.5, 0.6) is 5.75 Å². The molecular weight excluding hydrogens is 594 g/mol. The Morgan fingerprint density at radius 2 is 1.51 bits per heavy atom. The number of aliphatic hydroxyl groups is 1. The highest BCUT2D eigenvalue weighted by atomic mass is 16.5. The van der Waals surface area contributed by atoms with E-state index >= 15 is 0 Å². The lowest BCUT2D eigenvalue weighted by Gasteiger charge is -2.39. The van der Waals surface area contributed by atoms with Gasteiger partial charge in [-0.2, -0.15) is 0 Å². The second-order valence-corrected chi connectivity index (χ2v) is 13.2. The molecule has 4 aliphatic heterocycles. The van der Waals surface area contributed by atoms with Crippen molar-refractivity contribution in [2.45, 2.75) is 77.0 Å². The molecular formula is C38H47N3O6. The van der Waals surface area contributed by atoms with Crippen LogP contribution in [0.25, 0.3) is 0 Å². The van der Waals surface area contributed by atoms with Crippen molar-refractivity contribution in [3.8, 4) is 5.75 Å². The number of unbranched alkanes of at least 4 members (excludes halogenated alkanes) is 3. The van der Waals surface area contributed by atoms with Crippen LogP contribution in [0.4, 0.5) is 11.4 Å². The van der Waals surface area contributed by atoms with Crippen molar-refractivity contribution in [2.24, 2.45) is 11.8 Å². The van der Waals surface area contributed by atoms with Gasteiger partial charge >= 0.3 is 0 Å². The van der Waals surface area contributed by atoms with Crippen LogP contribution in [0.2, 0.25) is 0 Å². The molecule has 47 heavy (non-hydrogen) atoms. The number of likely N-dealkylation sites (tertiary alicyclic amines) is 1. The zero-order chi connectivity index (χ0) is 33.3. The molecule has 2 aromatic carbocycles. The predicted molar refractivity (Wildman–Crippen MR) is 181 cm³/mol. The number of carbonyl (C=O) groups is 3. The lowest BCUT2D eigenvalue weighted by molar-refractivity contribution is -0.145. The molecule has 5 atom stereocenters. The van der Waals surface area contributed by atoms with E-state index in [4.69, 9.17) is 9.47 Å². The fourth-order valence-corrected chi connectivity index (χ4v) is 8.30. The van der Waals surface area contributed by atoms with Crippen LogP contribution in [-0.4, -0.2) is 77.8 Å². The molecule has 6 rings (SSSR count). The van der Waals surface area contributed by atoms with E-state index in [1.54, 1.807) is 14.7 Å². The van der Waals surface area contributed by atoms with Crippen LogP contribution in [0, 0.1) is 25.7 Å². The van der Waals surface area contributed by atoms with Gasteiger partial charge in [-0.15, -0.1) is 0 Å². The summed E-state index contributed by atoms with van der Waals surface area (Å²) in [6.07, 6.45) is 11.3. The maximum absolute atomic E-state index is 14.9. The summed E-state index contributed by atoms with van der Waals surface area (Å²) in [5.74, 6) is -1.56. The minimum absolute atomic E-state index is 0.125. The molecule has 4 aliphatic rings. The van der Waals surface area contributed by atoms with Crippen molar-refractivity contribution >= 4 is 29.1 Å². The number of carbonyl (C=O) groups excluding carboxylic acids is 3. The van der Waals surface area contributed by atoms with Gasteiger partial charge in [0.1, 0.15) is 17.4 Å². The summed E-state index contributed by atoms with van der Waals surface area (Å²) in [7, 11) is 0. The maximum atomic E-state index is 14.9. The average molecular weight is 642 g/mol. The summed E-state index contributed by atoms with van der Waals surface area (Å²) in [5, 5.41) is 9.29. The highest BCUT2D eigenvalue weighted by Gasteiger charge is 2.75. The second-order valence-electron chi connectivity index (χ2n) is 13.2. The Bertz CT molecular complexity index is 1550. The highest BCUT2D eigenvalue weighted by Crippen LogP contribution is 2.59. The first kappa shape index (κ1) is 33.0. The van der Waals surface area contributed by atoms with E-state index in [-0.39, 0.29) is 24.3 Å². The topological polar surface area (TPSA) is 99.6 Å². The Hall–Kier alpha value is -3.95. The van der Waals surface area contributed by atoms with Gasteiger partial charge in [0.2, 0.25) is 11.8 Å². The fourth-order valence-electron chi connectivity index (χ4n) is 8.30. The van der Waals surface area contributed by atoms with E-state index in [0.717, 1.165) is 35.4 Å². The van der Waals surface area contributed by atoms with Gasteiger partial charge in [0.25, 0.3) is 5.91 Å². The molecule has 9 heteroatoms. The zero-order valence-corrected chi connectivity index (χ0v) is 28.0. The van der Waals surface area contributed by atoms with E-state index in [1.807, 2.05) is 94.5 Å². The molecule has 0 aromatic heterocycles. The number of amides is 3. The van der Waals surface area contributed by atoms with Crippen LogP contribution >= 0.6 is 0 Å². The van der Waals surface area contributed by atoms with Gasteiger partial charge in [-0.05, 0) is 75.4 Å². The Labute approximate surface area is 277 Å². The molecule has 1 N–H and O–H groups in total. The number of ether oxygens (including phenoxy) is 2. The Morgan fingerprint density at radius 3 is 2.19 bits per heavy atom. The smallest absolute Gasteiger partial charge is 0.253 e. The third-order valence-corrected chi connectivity index (χ3v) is 10.4. The van der Waals surface area contributed by atoms with Crippen LogP contribution in [0.3, 0.4) is 0 Å². The number of aliphatic hydroxyl groups excluding tert-OH is 1. The summed E-state index contributed by atoms with van der Waals surface area (Å²) in [5.41, 5.74) is 1.14. The van der Waals surface area contributed by atoms with Gasteiger partial charge in [0.15, 0.2) is 0 Å². The third-order valence-electron chi connectivity index (χ3n) is 10.4. The number of benzene rings is 2. The van der Waals surface area contributed by atoms with E-state index in [9.17, 15) is 19.5 Å². The fraction of sp³-hybridized carbons (Fsp3) is 0.500. The minimum Gasteiger partial charge on any atom is -0.494 e. The largest absolute Gasteiger partial charge is 0.494 e. The molecule has 2 aromatic rings. The highest BCUT2D eigenvalue weighted by molar-refractivity contribution is 6.08. The first-order valence-electron chi connectivity index (χ1n) is 17.1. The molecule has 0 aliphatic carbocycles. The van der Waals surface area contributed by atoms with Gasteiger partial charge < -0.3 is 29.3 Å². The van der Waals surface area contributed by atoms with Crippen molar-refractivity contribution < 1.29 is 29.0 Å². The molecule has 2 fully saturated rings. The molecule has 2 saturated heterocycles. The molecule has 0 saturated carbocycles. The number of para-hydroxylation sites is 1. The number of aryl methyl sites for hydroxylation is 2. The van der Waals surface area contributed by atoms with Gasteiger partial charge in [0.05, 0.1) is 24.0 Å². The van der Waals surface area contributed by atoms with Crippen molar-refractivity contribution in [3.63, 3.8) is 0 Å². The number of nitrogens with zero attached hydrogens (tertiary/aromatic N) is 3. The van der Waals surface area contributed by atoms with Crippen molar-refractivity contribution in [1.29, 1.82) is 0 Å². The number of fused-ring (bicyclic) bond motifs is 2. The number of rotatable bonds is 11. The van der Waals surface area contributed by atoms with Crippen molar-refractivity contribution in [2.75, 3.05) is 42.6 Å². The molecule has 0 bridgehead atoms. The van der Waals surface area contributed by atoms with Crippen LogP contribution in [-0.2, 0) is 19.1 Å². The molecule has 1 spiro atoms. The summed E-state index contributed by atoms with van der Waals surface area (Å²) in [6, 6.07) is 12.5. The first-order chi connectivity index (χ1) is 22.7. The monoisotopic (exact) mass is 641 g/mol. The van der Waals surface area contributed by atoms with Gasteiger partial charge in [-0.3, -0.25) is 14.4 Å². The molecule has 0 radical (unpaired) electrons. The van der Waals surface area contributed by atoms with Crippen LogP contribution in [0.1, 0.15) is 57.1 Å². The third kappa shape index (κ3) is 5.47. The summed E-state index contributed by atoms with van der Waals surface area (Å²) in [6.45, 7) is 9.62. The van der Waals surface area contributed by atoms with Crippen LogP contribution in [0.15, 0.2) is 66.8 Å². The summed E-state index contributed by atoms with van der Waals surface area (Å²) < 4.78 is 12.8. The average Bonchev–Trinajstić information content (AvgIpc) is 3.34. The van der Waals surface area contributed by atoms with Gasteiger partial charge in [-0.1, -0.05) is 62.3 Å². The standard InChI is InChI=1S/C38H47N3O6/c1-5-37-20-12-23-39(28-16-18-29(19-17-28)46-6-2)34(43)30(37)31-35(44)41(22-9-7-8-10-25-42)33-36(45)40(24-13-21-38(31,33)47-37)32-26(3)14-11-15-27(32)4/h11-21,30-31,33,42H,5-10,22-25H2,1-4H3/t30-,31-,33?,37+,38-/m0/s1. The van der Waals surface area contributed by atoms with E-state index < -0.39 is 29.1 Å². The lowest BCUT2D eigenvalue weighted by atomic mass is 9.73. The van der Waals surface area contributed by atoms with E-state index in [1.165, 1.54) is 0 Å². The molecule has 1 unspecified atom stereocenters. The summed E-state index contributed by atoms with van der Waals surface area (Å²) >= 11 is 0. The maximum Gasteiger partial charge on any atom is 0.253 e. The zero-order valence-electron chi connectivity index (χ0n) is 28.0. The summed E-state index contributed by atoms with van der Waals surface area (Å²) in [4.78, 5) is 49.8. The normalized spacial score (nSPS) is 28.3.